The lowest BCUT2D eigenvalue weighted by Gasteiger charge is -2.20. The number of ether oxygens (including phenoxy) is 1. The van der Waals surface area contributed by atoms with Crippen molar-refractivity contribution in [1.82, 2.24) is 4.90 Å². The van der Waals surface area contributed by atoms with E-state index in [9.17, 15) is 0 Å². The third-order valence-corrected chi connectivity index (χ3v) is 4.70. The molecule has 2 rings (SSSR count). The molecule has 0 amide bonds. The predicted molar refractivity (Wildman–Crippen MR) is 78.1 cm³/mol. The summed E-state index contributed by atoms with van der Waals surface area (Å²) in [5.41, 5.74) is 0. The lowest BCUT2D eigenvalue weighted by Crippen LogP contribution is -2.28. The van der Waals surface area contributed by atoms with Crippen LogP contribution in [0.1, 0.15) is 26.2 Å². The fourth-order valence-corrected chi connectivity index (χ4v) is 3.54. The fraction of sp³-hybridized carbons (Fsp3) is 0.615. The number of halogens is 1. The molecule has 2 aliphatic heterocycles. The van der Waals surface area contributed by atoms with E-state index >= 15 is 0 Å². The highest BCUT2D eigenvalue weighted by Crippen LogP contribution is 2.16. The van der Waals surface area contributed by atoms with Crippen LogP contribution in [0.25, 0.3) is 0 Å². The number of rotatable bonds is 5. The molecule has 0 aliphatic carbocycles. The lowest BCUT2D eigenvalue weighted by atomic mass is 10.2. The van der Waals surface area contributed by atoms with E-state index in [-0.39, 0.29) is 20.7 Å². The highest BCUT2D eigenvalue weighted by Gasteiger charge is 2.18. The Morgan fingerprint density at radius 2 is 2.50 bits per heavy atom. The second kappa shape index (κ2) is 6.55. The molecule has 1 fully saturated rings. The molecule has 2 nitrogen and oxygen atoms in total. The maximum Gasteiger partial charge on any atom is 0.120 e. The lowest BCUT2D eigenvalue weighted by molar-refractivity contribution is 0.188. The highest BCUT2D eigenvalue weighted by atomic mass is 127. The van der Waals surface area contributed by atoms with E-state index in [0.29, 0.717) is 0 Å². The van der Waals surface area contributed by atoms with Crippen molar-refractivity contribution in [3.8, 4) is 0 Å². The first-order chi connectivity index (χ1) is 7.86. The van der Waals surface area contributed by atoms with E-state index in [1.165, 1.54) is 25.9 Å². The molecule has 0 bridgehead atoms. The fourth-order valence-electron chi connectivity index (χ4n) is 2.17. The molecule has 1 saturated heterocycles. The van der Waals surface area contributed by atoms with Gasteiger partial charge in [0.05, 0.1) is 6.61 Å². The minimum Gasteiger partial charge on any atom is -0.494 e. The van der Waals surface area contributed by atoms with Crippen molar-refractivity contribution in [3.05, 3.63) is 22.0 Å². The van der Waals surface area contributed by atoms with Crippen molar-refractivity contribution in [1.29, 1.82) is 0 Å². The van der Waals surface area contributed by atoms with Crippen molar-refractivity contribution >= 4 is 24.7 Å². The second-order valence-corrected chi connectivity index (χ2v) is 6.50. The van der Waals surface area contributed by atoms with E-state index in [1.807, 2.05) is 0 Å². The van der Waals surface area contributed by atoms with Crippen LogP contribution in [0.5, 0.6) is 0 Å². The molecule has 0 aromatic heterocycles. The highest BCUT2D eigenvalue weighted by molar-refractivity contribution is 14.2. The molecule has 0 unspecified atom stereocenters. The van der Waals surface area contributed by atoms with Crippen LogP contribution in [-0.2, 0) is 4.74 Å². The smallest absolute Gasteiger partial charge is 0.120 e. The van der Waals surface area contributed by atoms with Crippen molar-refractivity contribution in [2.45, 2.75) is 32.2 Å². The summed E-state index contributed by atoms with van der Waals surface area (Å²) in [5, 5.41) is 0. The van der Waals surface area contributed by atoms with Gasteiger partial charge in [-0.05, 0) is 53.0 Å². The zero-order valence-electron chi connectivity index (χ0n) is 9.86. The number of hydrogen-bond acceptors (Lipinski definition) is 2. The molecule has 0 N–H and O–H groups in total. The molecule has 16 heavy (non-hydrogen) atoms. The Hall–Kier alpha value is -0.160. The van der Waals surface area contributed by atoms with Crippen molar-refractivity contribution < 1.29 is 4.74 Å². The zero-order valence-corrected chi connectivity index (χ0v) is 12.0. The summed E-state index contributed by atoms with van der Waals surface area (Å²) in [6.07, 6.45) is 8.12. The molecule has 0 saturated carbocycles. The average Bonchev–Trinajstić information content (AvgIpc) is 2.72. The quantitative estimate of drug-likeness (QED) is 0.566. The first-order valence-corrected chi connectivity index (χ1v) is 8.54. The molecule has 3 heteroatoms. The minimum absolute atomic E-state index is 0.184. The third kappa shape index (κ3) is 3.70. The Bertz CT molecular complexity index is 309. The van der Waals surface area contributed by atoms with Gasteiger partial charge in [-0.15, -0.1) is 0 Å². The van der Waals surface area contributed by atoms with Crippen molar-refractivity contribution in [2.24, 2.45) is 0 Å². The Labute approximate surface area is 108 Å². The van der Waals surface area contributed by atoms with Gasteiger partial charge >= 0.3 is 0 Å². The Morgan fingerprint density at radius 1 is 1.56 bits per heavy atom. The van der Waals surface area contributed by atoms with Gasteiger partial charge in [-0.2, -0.15) is 0 Å². The number of hydrogen-bond donors (Lipinski definition) is 0. The Kier molecular flexibility index (Phi) is 5.03. The second-order valence-electron chi connectivity index (χ2n) is 4.34. The normalized spacial score (nSPS) is 25.3. The summed E-state index contributed by atoms with van der Waals surface area (Å²) in [5.74, 6) is 1.04. The molecule has 2 aliphatic rings. The molecule has 0 radical (unpaired) electrons. The number of nitrogens with zero attached hydrogens (tertiary/aromatic N) is 1. The molecule has 2 heterocycles. The summed E-state index contributed by atoms with van der Waals surface area (Å²) in [7, 11) is 0. The van der Waals surface area contributed by atoms with Gasteiger partial charge < -0.3 is 9.64 Å². The van der Waals surface area contributed by atoms with Gasteiger partial charge in [0.1, 0.15) is 5.76 Å². The summed E-state index contributed by atoms with van der Waals surface area (Å²) >= 11 is 0.184. The van der Waals surface area contributed by atoms with Crippen LogP contribution in [0.2, 0.25) is 0 Å². The summed E-state index contributed by atoms with van der Waals surface area (Å²) in [6, 6.07) is 0.784. The SMILES string of the molecule is C[C@H]1CCCN1CCCOC1=CC=IC=C1. The van der Waals surface area contributed by atoms with Gasteiger partial charge in [-0.3, -0.25) is 0 Å². The number of allylic oxidation sites excluding steroid dienone is 2. The van der Waals surface area contributed by atoms with Crippen LogP contribution < -0.4 is 0 Å². The average molecular weight is 333 g/mol. The molecule has 1 atom stereocenters. The van der Waals surface area contributed by atoms with Gasteiger partial charge in [-0.25, -0.2) is 0 Å². The molecule has 0 aromatic rings. The van der Waals surface area contributed by atoms with Crippen LogP contribution in [0.4, 0.5) is 0 Å². The molecule has 0 aromatic carbocycles. The van der Waals surface area contributed by atoms with Crippen LogP contribution >= 0.6 is 20.7 Å². The Morgan fingerprint density at radius 3 is 3.19 bits per heavy atom. The van der Waals surface area contributed by atoms with Gasteiger partial charge in [0, 0.05) is 12.6 Å². The number of likely N-dealkylation sites (tertiary alicyclic amines) is 1. The zero-order chi connectivity index (χ0) is 11.2. The molecule has 90 valence electrons. The summed E-state index contributed by atoms with van der Waals surface area (Å²) in [4.78, 5) is 2.58. The largest absolute Gasteiger partial charge is 0.494 e. The summed E-state index contributed by atoms with van der Waals surface area (Å²) in [6.45, 7) is 5.65. The maximum atomic E-state index is 5.71. The molecule has 0 spiro atoms. The van der Waals surface area contributed by atoms with Gasteiger partial charge in [0.2, 0.25) is 0 Å². The van der Waals surface area contributed by atoms with Crippen molar-refractivity contribution in [2.75, 3.05) is 19.7 Å². The van der Waals surface area contributed by atoms with Crippen LogP contribution in [0, 0.1) is 0 Å². The van der Waals surface area contributed by atoms with E-state index in [0.717, 1.165) is 24.8 Å². The predicted octanol–water partition coefficient (Wildman–Crippen LogP) is 3.06. The Balaban J connectivity index is 1.60. The standard InChI is InChI=1S/C13H20INO/c1-12-4-2-9-15(12)10-3-11-16-13-5-7-14-8-6-13/h5-8,12H,2-4,9-11H2,1H3/t12-/m0/s1. The van der Waals surface area contributed by atoms with Gasteiger partial charge in [0.25, 0.3) is 0 Å². The van der Waals surface area contributed by atoms with Crippen LogP contribution in [-0.4, -0.2) is 34.6 Å². The maximum absolute atomic E-state index is 5.71. The minimum atomic E-state index is 0.184. The summed E-state index contributed by atoms with van der Waals surface area (Å²) < 4.78 is 10.2. The molecular formula is C13H20INO. The van der Waals surface area contributed by atoms with Crippen LogP contribution in [0.3, 0.4) is 0 Å². The van der Waals surface area contributed by atoms with E-state index in [2.05, 4.69) is 32.1 Å². The van der Waals surface area contributed by atoms with E-state index in [4.69, 9.17) is 4.74 Å². The first-order valence-electron chi connectivity index (χ1n) is 6.05. The first kappa shape index (κ1) is 12.3. The third-order valence-electron chi connectivity index (χ3n) is 3.15. The van der Waals surface area contributed by atoms with E-state index < -0.39 is 0 Å². The van der Waals surface area contributed by atoms with E-state index in [1.54, 1.807) is 0 Å². The van der Waals surface area contributed by atoms with Crippen LogP contribution in [0.15, 0.2) is 22.0 Å². The monoisotopic (exact) mass is 333 g/mol. The van der Waals surface area contributed by atoms with Gasteiger partial charge in [0.15, 0.2) is 0 Å². The topological polar surface area (TPSA) is 12.5 Å². The molecular weight excluding hydrogens is 313 g/mol. The van der Waals surface area contributed by atoms with Crippen molar-refractivity contribution in [3.63, 3.8) is 0 Å². The van der Waals surface area contributed by atoms with Gasteiger partial charge in [-0.1, -0.05) is 20.7 Å².